The van der Waals surface area contributed by atoms with Crippen molar-refractivity contribution in [3.05, 3.63) is 105 Å². The molecule has 4 aromatic rings. The molecule has 0 aromatic heterocycles. The number of carbonyl (C=O) groups excluding carboxylic acids is 2. The smallest absolute Gasteiger partial charge is 0.205 e. The van der Waals surface area contributed by atoms with Crippen LogP contribution in [0, 0.1) is 49.7 Å². The van der Waals surface area contributed by atoms with Crippen LogP contribution in [0.3, 0.4) is 0 Å². The van der Waals surface area contributed by atoms with Crippen LogP contribution in [0.2, 0.25) is 0 Å². The highest BCUT2D eigenvalue weighted by atomic mass is 16.1. The summed E-state index contributed by atoms with van der Waals surface area (Å²) in [4.78, 5) is 28.5. The van der Waals surface area contributed by atoms with Gasteiger partial charge in [-0.3, -0.25) is 9.59 Å². The van der Waals surface area contributed by atoms with Crippen molar-refractivity contribution in [1.29, 1.82) is 10.5 Å². The Kier molecular flexibility index (Phi) is 6.79. The molecular formula is C28H16N4O2. The molecule has 0 amide bonds. The number of rotatable bonds is 2. The summed E-state index contributed by atoms with van der Waals surface area (Å²) in [5.74, 6) is 0. The van der Waals surface area contributed by atoms with E-state index in [1.165, 1.54) is 12.1 Å². The van der Waals surface area contributed by atoms with Crippen LogP contribution in [0.4, 0.5) is 11.4 Å². The molecule has 0 atom stereocenters. The van der Waals surface area contributed by atoms with Gasteiger partial charge in [-0.25, -0.2) is 9.69 Å². The van der Waals surface area contributed by atoms with Gasteiger partial charge in [-0.2, -0.15) is 10.5 Å². The fraction of sp³-hybridized carbons (Fsp3) is 0.0714. The second-order valence-electron chi connectivity index (χ2n) is 7.39. The number of carbonyl (C=O) groups is 2. The quantitative estimate of drug-likeness (QED) is 0.254. The van der Waals surface area contributed by atoms with Crippen LogP contribution in [-0.4, -0.2) is 12.6 Å². The van der Waals surface area contributed by atoms with E-state index in [1.54, 1.807) is 12.1 Å². The predicted molar refractivity (Wildman–Crippen MR) is 130 cm³/mol. The van der Waals surface area contributed by atoms with Crippen molar-refractivity contribution in [2.45, 2.75) is 13.8 Å². The number of nitriles is 2. The number of benzene rings is 4. The lowest BCUT2D eigenvalue weighted by Gasteiger charge is -2.07. The zero-order chi connectivity index (χ0) is 24.8. The van der Waals surface area contributed by atoms with Crippen LogP contribution >= 0.6 is 0 Å². The molecule has 0 spiro atoms. The molecule has 0 bridgehead atoms. The van der Waals surface area contributed by atoms with Crippen molar-refractivity contribution >= 4 is 45.5 Å². The van der Waals surface area contributed by atoms with Crippen molar-refractivity contribution in [2.24, 2.45) is 0 Å². The lowest BCUT2D eigenvalue weighted by Crippen LogP contribution is -1.91. The van der Waals surface area contributed by atoms with Gasteiger partial charge in [0.2, 0.25) is 5.69 Å². The molecule has 6 heteroatoms. The largest absolute Gasteiger partial charge is 0.299 e. The molecule has 0 fully saturated rings. The molecule has 0 aliphatic rings. The third-order valence-corrected chi connectivity index (χ3v) is 5.52. The molecule has 4 rings (SSSR count). The maximum absolute atomic E-state index is 10.8. The predicted octanol–water partition coefficient (Wildman–Crippen LogP) is 6.77. The third kappa shape index (κ3) is 3.96. The Morgan fingerprint density at radius 3 is 1.71 bits per heavy atom. The minimum Gasteiger partial charge on any atom is -0.299 e. The second kappa shape index (κ2) is 9.88. The molecule has 0 unspecified atom stereocenters. The molecule has 4 aromatic carbocycles. The molecular weight excluding hydrogens is 424 g/mol. The van der Waals surface area contributed by atoms with E-state index < -0.39 is 0 Å². The Hall–Kier alpha value is -5.30. The van der Waals surface area contributed by atoms with Gasteiger partial charge >= 0.3 is 0 Å². The summed E-state index contributed by atoms with van der Waals surface area (Å²) in [5.41, 5.74) is 4.21. The second-order valence-corrected chi connectivity index (χ2v) is 7.39. The van der Waals surface area contributed by atoms with Gasteiger partial charge < -0.3 is 0 Å². The van der Waals surface area contributed by atoms with Gasteiger partial charge in [0.1, 0.15) is 12.4 Å². The van der Waals surface area contributed by atoms with Crippen LogP contribution in [0.15, 0.2) is 48.5 Å². The van der Waals surface area contributed by atoms with Crippen LogP contribution in [-0.2, 0) is 0 Å². The van der Waals surface area contributed by atoms with Gasteiger partial charge in [-0.05, 0) is 46.5 Å². The van der Waals surface area contributed by atoms with Crippen LogP contribution in [0.5, 0.6) is 0 Å². The molecule has 0 aliphatic heterocycles. The topological polar surface area (TPSA) is 90.4 Å². The van der Waals surface area contributed by atoms with E-state index in [-0.39, 0.29) is 22.4 Å². The Labute approximate surface area is 196 Å². The molecule has 0 heterocycles. The maximum atomic E-state index is 10.8. The molecule has 6 nitrogen and oxygen atoms in total. The van der Waals surface area contributed by atoms with Crippen molar-refractivity contribution in [2.75, 3.05) is 0 Å². The fourth-order valence-electron chi connectivity index (χ4n) is 3.77. The Morgan fingerprint density at radius 1 is 0.647 bits per heavy atom. The monoisotopic (exact) mass is 440 g/mol. The van der Waals surface area contributed by atoms with Gasteiger partial charge in [0.15, 0.2) is 12.0 Å². The van der Waals surface area contributed by atoms with Crippen LogP contribution in [0.25, 0.3) is 31.2 Å². The van der Waals surface area contributed by atoms with Crippen molar-refractivity contribution in [1.82, 2.24) is 0 Å². The SMILES string of the molecule is [C-]#[N+]c1c(C)ccc2c(C#N)c(C)ccc12.[C-]#[N+]c1c(C=O)ccc2c(C#N)c(C=O)ccc12. The first-order chi connectivity index (χ1) is 16.4. The number of fused-ring (bicyclic) bond motifs is 2. The summed E-state index contributed by atoms with van der Waals surface area (Å²) in [5, 5.41) is 21.0. The molecule has 0 saturated heterocycles. The Balaban J connectivity index is 0.000000192. The zero-order valence-corrected chi connectivity index (χ0v) is 18.4. The Morgan fingerprint density at radius 2 is 1.12 bits per heavy atom. The maximum Gasteiger partial charge on any atom is 0.205 e. The lowest BCUT2D eigenvalue weighted by atomic mass is 9.97. The number of hydrogen-bond donors (Lipinski definition) is 0. The number of hydrogen-bond acceptors (Lipinski definition) is 4. The first kappa shape index (κ1) is 23.4. The molecule has 0 N–H and O–H groups in total. The summed E-state index contributed by atoms with van der Waals surface area (Å²) >= 11 is 0. The highest BCUT2D eigenvalue weighted by molar-refractivity contribution is 6.06. The average molecular weight is 440 g/mol. The molecule has 34 heavy (non-hydrogen) atoms. The fourth-order valence-corrected chi connectivity index (χ4v) is 3.77. The van der Waals surface area contributed by atoms with Crippen molar-refractivity contribution in [3.63, 3.8) is 0 Å². The lowest BCUT2D eigenvalue weighted by molar-refractivity contribution is 0.111. The van der Waals surface area contributed by atoms with Crippen LogP contribution in [0.1, 0.15) is 43.0 Å². The number of nitrogens with zero attached hydrogens (tertiary/aromatic N) is 4. The van der Waals surface area contributed by atoms with Crippen LogP contribution < -0.4 is 0 Å². The Bertz CT molecular complexity index is 1530. The highest BCUT2D eigenvalue weighted by Gasteiger charge is 2.12. The summed E-state index contributed by atoms with van der Waals surface area (Å²) in [6.45, 7) is 18.1. The van der Waals surface area contributed by atoms with E-state index in [1.807, 2.05) is 44.2 Å². The summed E-state index contributed by atoms with van der Waals surface area (Å²) in [6, 6.07) is 17.9. The molecule has 0 radical (unpaired) electrons. The third-order valence-electron chi connectivity index (χ3n) is 5.52. The van der Waals surface area contributed by atoms with E-state index >= 15 is 0 Å². The normalized spacial score (nSPS) is 9.59. The number of aryl methyl sites for hydroxylation is 2. The van der Waals surface area contributed by atoms with E-state index in [9.17, 15) is 9.59 Å². The molecule has 0 saturated carbocycles. The summed E-state index contributed by atoms with van der Waals surface area (Å²) in [7, 11) is 0. The van der Waals surface area contributed by atoms with Gasteiger partial charge in [-0.1, -0.05) is 48.5 Å². The first-order valence-electron chi connectivity index (χ1n) is 10.0. The van der Waals surface area contributed by atoms with Gasteiger partial charge in [0.05, 0.1) is 30.3 Å². The molecule has 0 aliphatic carbocycles. The minimum atomic E-state index is 0.205. The standard InChI is InChI=1S/C14H6N2O2.C14H10N2/c1-16-14-10(8-18)3-4-11-12(14)5-2-9(7-17)13(11)6-15;1-9-4-7-12-11(13(9)8-15)6-5-10(2)14(12)16-3/h2-5,7-8H;4-7H,1-2H3. The van der Waals surface area contributed by atoms with Gasteiger partial charge in [-0.15, -0.1) is 0 Å². The average Bonchev–Trinajstić information content (AvgIpc) is 2.87. The van der Waals surface area contributed by atoms with E-state index in [2.05, 4.69) is 15.8 Å². The van der Waals surface area contributed by atoms with Crippen molar-refractivity contribution in [3.8, 4) is 12.1 Å². The van der Waals surface area contributed by atoms with E-state index in [4.69, 9.17) is 23.7 Å². The van der Waals surface area contributed by atoms with E-state index in [0.29, 0.717) is 34.6 Å². The van der Waals surface area contributed by atoms with E-state index in [0.717, 1.165) is 21.9 Å². The van der Waals surface area contributed by atoms with Gasteiger partial charge in [0.25, 0.3) is 0 Å². The molecule has 160 valence electrons. The summed E-state index contributed by atoms with van der Waals surface area (Å²) < 4.78 is 0. The minimum absolute atomic E-state index is 0.205. The first-order valence-corrected chi connectivity index (χ1v) is 10.0. The zero-order valence-electron chi connectivity index (χ0n) is 18.4. The highest BCUT2D eigenvalue weighted by Crippen LogP contribution is 2.33. The number of aldehydes is 2. The summed E-state index contributed by atoms with van der Waals surface area (Å²) in [6.07, 6.45) is 1.20. The van der Waals surface area contributed by atoms with Crippen molar-refractivity contribution < 1.29 is 9.59 Å². The van der Waals surface area contributed by atoms with Gasteiger partial charge in [0, 0.05) is 11.1 Å².